The van der Waals surface area contributed by atoms with E-state index in [4.69, 9.17) is 5.73 Å². The number of nitrogens with two attached hydrogens (primary N) is 1. The van der Waals surface area contributed by atoms with E-state index in [0.29, 0.717) is 11.7 Å². The van der Waals surface area contributed by atoms with E-state index >= 15 is 0 Å². The van der Waals surface area contributed by atoms with Crippen LogP contribution in [0.5, 0.6) is 5.75 Å². The molecule has 1 unspecified atom stereocenters. The molecule has 11 heavy (non-hydrogen) atoms. The lowest BCUT2D eigenvalue weighted by Crippen LogP contribution is -2.12. The van der Waals surface area contributed by atoms with Gasteiger partial charge >= 0.3 is 0 Å². The van der Waals surface area contributed by atoms with Crippen LogP contribution in [0.25, 0.3) is 0 Å². The van der Waals surface area contributed by atoms with Gasteiger partial charge in [0, 0.05) is 6.20 Å². The van der Waals surface area contributed by atoms with Crippen molar-refractivity contribution in [3.05, 3.63) is 18.0 Å². The fraction of sp³-hybridized carbons (Fsp3) is 0.500. The molecule has 1 fully saturated rings. The summed E-state index contributed by atoms with van der Waals surface area (Å²) in [6.07, 6.45) is 4.10. The highest BCUT2D eigenvalue weighted by molar-refractivity contribution is 5.29. The summed E-state index contributed by atoms with van der Waals surface area (Å²) in [6.45, 7) is 0. The first-order chi connectivity index (χ1) is 5.29. The third-order valence-electron chi connectivity index (χ3n) is 2.22. The van der Waals surface area contributed by atoms with Crippen molar-refractivity contribution >= 4 is 0 Å². The molecule has 60 valence electrons. The van der Waals surface area contributed by atoms with E-state index in [-0.39, 0.29) is 6.04 Å². The van der Waals surface area contributed by atoms with E-state index in [1.54, 1.807) is 12.3 Å². The summed E-state index contributed by atoms with van der Waals surface area (Å²) in [5.74, 6) is 0.879. The fourth-order valence-corrected chi connectivity index (χ4v) is 1.33. The molecule has 0 aliphatic heterocycles. The highest BCUT2D eigenvalue weighted by Crippen LogP contribution is 2.40. The Balaban J connectivity index is 2.20. The van der Waals surface area contributed by atoms with Crippen LogP contribution in [0.15, 0.2) is 12.3 Å². The summed E-state index contributed by atoms with van der Waals surface area (Å²) in [7, 11) is 0. The molecule has 1 aliphatic carbocycles. The van der Waals surface area contributed by atoms with E-state index in [1.165, 1.54) is 12.8 Å². The van der Waals surface area contributed by atoms with E-state index < -0.39 is 0 Å². The lowest BCUT2D eigenvalue weighted by Gasteiger charge is -2.07. The molecule has 0 spiro atoms. The van der Waals surface area contributed by atoms with E-state index in [9.17, 15) is 5.11 Å². The van der Waals surface area contributed by atoms with Gasteiger partial charge in [0.2, 0.25) is 0 Å². The normalized spacial score (nSPS) is 20.1. The molecule has 0 radical (unpaired) electrons. The van der Waals surface area contributed by atoms with Crippen molar-refractivity contribution in [3.63, 3.8) is 0 Å². The average Bonchev–Trinajstić information content (AvgIpc) is 2.74. The molecule has 1 heterocycles. The summed E-state index contributed by atoms with van der Waals surface area (Å²) in [4.78, 5) is 2.95. The number of aromatic nitrogens is 1. The molecule has 1 aromatic rings. The second-order valence-electron chi connectivity index (χ2n) is 3.14. The number of rotatable bonds is 2. The molecular weight excluding hydrogens is 140 g/mol. The van der Waals surface area contributed by atoms with Gasteiger partial charge in [-0.25, -0.2) is 0 Å². The Morgan fingerprint density at radius 3 is 2.82 bits per heavy atom. The van der Waals surface area contributed by atoms with Crippen LogP contribution >= 0.6 is 0 Å². The van der Waals surface area contributed by atoms with Crippen molar-refractivity contribution in [3.8, 4) is 5.75 Å². The van der Waals surface area contributed by atoms with Crippen molar-refractivity contribution in [1.82, 2.24) is 4.98 Å². The zero-order valence-electron chi connectivity index (χ0n) is 6.25. The van der Waals surface area contributed by atoms with Gasteiger partial charge in [0.25, 0.3) is 0 Å². The molecule has 3 nitrogen and oxygen atoms in total. The Kier molecular flexibility index (Phi) is 1.39. The minimum absolute atomic E-state index is 0.00463. The number of hydrogen-bond acceptors (Lipinski definition) is 2. The molecule has 0 saturated heterocycles. The molecule has 0 amide bonds. The number of aromatic amines is 1. The van der Waals surface area contributed by atoms with Crippen LogP contribution in [0.4, 0.5) is 0 Å². The largest absolute Gasteiger partial charge is 0.506 e. The van der Waals surface area contributed by atoms with Crippen molar-refractivity contribution in [2.45, 2.75) is 18.9 Å². The van der Waals surface area contributed by atoms with Crippen LogP contribution < -0.4 is 5.73 Å². The monoisotopic (exact) mass is 152 g/mol. The summed E-state index contributed by atoms with van der Waals surface area (Å²) in [5.41, 5.74) is 6.64. The third kappa shape index (κ3) is 1.12. The Hall–Kier alpha value is -0.960. The predicted octanol–water partition coefficient (Wildman–Crippen LogP) is 1.13. The van der Waals surface area contributed by atoms with Gasteiger partial charge < -0.3 is 15.8 Å². The van der Waals surface area contributed by atoms with Gasteiger partial charge in [-0.1, -0.05) is 0 Å². The Morgan fingerprint density at radius 1 is 1.64 bits per heavy atom. The highest BCUT2D eigenvalue weighted by Gasteiger charge is 2.31. The molecule has 1 atom stereocenters. The van der Waals surface area contributed by atoms with E-state index in [0.717, 1.165) is 5.69 Å². The number of H-pyrrole nitrogens is 1. The molecule has 0 aromatic carbocycles. The maximum Gasteiger partial charge on any atom is 0.137 e. The zero-order chi connectivity index (χ0) is 7.84. The quantitative estimate of drug-likeness (QED) is 0.594. The molecule has 0 bridgehead atoms. The molecule has 1 aromatic heterocycles. The lowest BCUT2D eigenvalue weighted by atomic mass is 10.1. The average molecular weight is 152 g/mol. The van der Waals surface area contributed by atoms with Gasteiger partial charge in [0.05, 0.1) is 11.7 Å². The van der Waals surface area contributed by atoms with Crippen LogP contribution in [-0.4, -0.2) is 10.1 Å². The molecule has 3 heteroatoms. The minimum Gasteiger partial charge on any atom is -0.506 e. The zero-order valence-corrected chi connectivity index (χ0v) is 6.25. The third-order valence-corrected chi connectivity index (χ3v) is 2.22. The van der Waals surface area contributed by atoms with Crippen LogP contribution in [-0.2, 0) is 0 Å². The Labute approximate surface area is 65.2 Å². The van der Waals surface area contributed by atoms with Crippen molar-refractivity contribution in [2.24, 2.45) is 11.7 Å². The summed E-state index contributed by atoms with van der Waals surface area (Å²) < 4.78 is 0. The minimum atomic E-state index is 0.00463. The van der Waals surface area contributed by atoms with Gasteiger partial charge in [-0.15, -0.1) is 0 Å². The summed E-state index contributed by atoms with van der Waals surface area (Å²) in [6, 6.07) is 1.64. The van der Waals surface area contributed by atoms with Crippen LogP contribution in [0.3, 0.4) is 0 Å². The van der Waals surface area contributed by atoms with E-state index in [2.05, 4.69) is 4.98 Å². The van der Waals surface area contributed by atoms with Gasteiger partial charge in [0.1, 0.15) is 5.75 Å². The van der Waals surface area contributed by atoms with Gasteiger partial charge in [-0.05, 0) is 24.8 Å². The maximum absolute atomic E-state index is 9.29. The molecular formula is C8H12N2O. The smallest absolute Gasteiger partial charge is 0.137 e. The first-order valence-electron chi connectivity index (χ1n) is 3.91. The Bertz CT molecular complexity index is 252. The first-order valence-corrected chi connectivity index (χ1v) is 3.91. The van der Waals surface area contributed by atoms with Crippen molar-refractivity contribution in [2.75, 3.05) is 0 Å². The first kappa shape index (κ1) is 6.73. The van der Waals surface area contributed by atoms with Gasteiger partial charge in [0.15, 0.2) is 0 Å². The second-order valence-corrected chi connectivity index (χ2v) is 3.14. The van der Waals surface area contributed by atoms with Crippen molar-refractivity contribution in [1.29, 1.82) is 0 Å². The molecule has 1 aliphatic rings. The second kappa shape index (κ2) is 2.27. The fourth-order valence-electron chi connectivity index (χ4n) is 1.33. The molecule has 1 saturated carbocycles. The Morgan fingerprint density at radius 2 is 2.36 bits per heavy atom. The van der Waals surface area contributed by atoms with Gasteiger partial charge in [-0.3, -0.25) is 0 Å². The standard InChI is InChI=1S/C8H12N2O/c9-7(5-1-2-5)8-6(11)3-4-10-8/h3-5,7,10-11H,1-2,9H2. The topological polar surface area (TPSA) is 62.0 Å². The van der Waals surface area contributed by atoms with Crippen molar-refractivity contribution < 1.29 is 5.11 Å². The molecule has 2 rings (SSSR count). The highest BCUT2D eigenvalue weighted by atomic mass is 16.3. The molecule has 4 N–H and O–H groups in total. The maximum atomic E-state index is 9.29. The van der Waals surface area contributed by atoms with Crippen LogP contribution in [0, 0.1) is 5.92 Å². The summed E-state index contributed by atoms with van der Waals surface area (Å²) >= 11 is 0. The van der Waals surface area contributed by atoms with E-state index in [1.807, 2.05) is 0 Å². The number of aromatic hydroxyl groups is 1. The number of hydrogen-bond donors (Lipinski definition) is 3. The predicted molar refractivity (Wildman–Crippen MR) is 42.1 cm³/mol. The van der Waals surface area contributed by atoms with Crippen LogP contribution in [0.1, 0.15) is 24.6 Å². The SMILES string of the molecule is NC(c1[nH]ccc1O)C1CC1. The van der Waals surface area contributed by atoms with Crippen LogP contribution in [0.2, 0.25) is 0 Å². The lowest BCUT2D eigenvalue weighted by molar-refractivity contribution is 0.455. The number of nitrogens with one attached hydrogen (secondary N) is 1. The summed E-state index contributed by atoms with van der Waals surface area (Å²) in [5, 5.41) is 9.29. The van der Waals surface area contributed by atoms with Gasteiger partial charge in [-0.2, -0.15) is 0 Å².